The number of unbranched alkanes of at least 4 members (excludes halogenated alkanes) is 1. The first-order valence-electron chi connectivity index (χ1n) is 12.3. The lowest BCUT2D eigenvalue weighted by molar-refractivity contribution is -0.118. The molecule has 0 radical (unpaired) electrons. The smallest absolute Gasteiger partial charge is 0.251 e. The van der Waals surface area contributed by atoms with Crippen LogP contribution < -0.4 is 10.6 Å². The second-order valence-corrected chi connectivity index (χ2v) is 9.30. The molecule has 1 fully saturated rings. The van der Waals surface area contributed by atoms with Gasteiger partial charge >= 0.3 is 0 Å². The van der Waals surface area contributed by atoms with Gasteiger partial charge in [-0.05, 0) is 67.2 Å². The van der Waals surface area contributed by atoms with Crippen LogP contribution in [0.15, 0.2) is 84.4 Å². The number of rotatable bonds is 8. The maximum atomic E-state index is 15.0. The van der Waals surface area contributed by atoms with Crippen LogP contribution in [0.2, 0.25) is 0 Å². The summed E-state index contributed by atoms with van der Waals surface area (Å²) in [6, 6.07) is 13.6. The van der Waals surface area contributed by atoms with Crippen molar-refractivity contribution in [3.63, 3.8) is 0 Å². The van der Waals surface area contributed by atoms with Crippen LogP contribution in [0.1, 0.15) is 44.2 Å². The number of hydrogen-bond donors (Lipinski definition) is 2. The number of nitrogens with one attached hydrogen (secondary N) is 2. The topological polar surface area (TPSA) is 44.4 Å². The monoisotopic (exact) mass is 471 g/mol. The van der Waals surface area contributed by atoms with Gasteiger partial charge in [0.05, 0.1) is 6.04 Å². The lowest BCUT2D eigenvalue weighted by Crippen LogP contribution is -2.57. The molecule has 5 heteroatoms. The average molecular weight is 472 g/mol. The molecule has 0 atom stereocenters. The Labute approximate surface area is 207 Å². The van der Waals surface area contributed by atoms with E-state index in [1.54, 1.807) is 6.07 Å². The number of carbonyl (C=O) groups excluding carboxylic acids is 1. The molecule has 4 rings (SSSR count). The number of aryl methyl sites for hydroxylation is 1. The molecule has 0 saturated carbocycles. The summed E-state index contributed by atoms with van der Waals surface area (Å²) in [6.07, 6.45) is 8.49. The first-order valence-corrected chi connectivity index (χ1v) is 12.3. The second-order valence-electron chi connectivity index (χ2n) is 9.30. The fourth-order valence-corrected chi connectivity index (χ4v) is 4.50. The van der Waals surface area contributed by atoms with Gasteiger partial charge in [-0.15, -0.1) is 0 Å². The van der Waals surface area contributed by atoms with Gasteiger partial charge < -0.3 is 15.5 Å². The van der Waals surface area contributed by atoms with Crippen molar-refractivity contribution < 1.29 is 9.18 Å². The molecule has 0 bridgehead atoms. The molecular formula is C30H34FN3O. The van der Waals surface area contributed by atoms with Crippen LogP contribution in [0.5, 0.6) is 0 Å². The molecule has 2 N–H and O–H groups in total. The van der Waals surface area contributed by atoms with E-state index in [1.165, 1.54) is 0 Å². The van der Waals surface area contributed by atoms with E-state index < -0.39 is 0 Å². The van der Waals surface area contributed by atoms with Gasteiger partial charge in [-0.3, -0.25) is 4.79 Å². The highest BCUT2D eigenvalue weighted by atomic mass is 19.1. The molecule has 1 saturated heterocycles. The fourth-order valence-electron chi connectivity index (χ4n) is 4.50. The van der Waals surface area contributed by atoms with Crippen molar-refractivity contribution in [2.45, 2.75) is 46.1 Å². The fraction of sp³-hybridized carbons (Fsp3) is 0.300. The minimum atomic E-state index is -0.215. The number of allylic oxidation sites excluding steroid dienone is 3. The lowest BCUT2D eigenvalue weighted by atomic mass is 9.90. The Bertz CT molecular complexity index is 1220. The Kier molecular flexibility index (Phi) is 7.67. The zero-order valence-electron chi connectivity index (χ0n) is 20.8. The summed E-state index contributed by atoms with van der Waals surface area (Å²) in [7, 11) is 0. The molecule has 2 aliphatic rings. The van der Waals surface area contributed by atoms with Crippen molar-refractivity contribution >= 4 is 11.5 Å². The van der Waals surface area contributed by atoms with Crippen LogP contribution in [0.3, 0.4) is 0 Å². The standard InChI is InChI=1S/C30H34FN3O/c1-5-6-9-25(26-10-7-8-11-27(26)28-13-12-20(2)16-29(28)31)22(4)34-15-14-23(17-21(34)3)30(35)33-24-18-32-19-24/h7-8,10-17,24,32H,3,5-6,9,18-19H2,1-2,4H3,(H,33,35)/b25-22+. The molecule has 0 aromatic heterocycles. The quantitative estimate of drug-likeness (QED) is 0.490. The van der Waals surface area contributed by atoms with Crippen molar-refractivity contribution in [2.24, 2.45) is 0 Å². The highest BCUT2D eigenvalue weighted by Gasteiger charge is 2.23. The van der Waals surface area contributed by atoms with Crippen LogP contribution in [0, 0.1) is 12.7 Å². The first-order chi connectivity index (χ1) is 16.9. The van der Waals surface area contributed by atoms with Gasteiger partial charge in [-0.25, -0.2) is 4.39 Å². The average Bonchev–Trinajstić information content (AvgIpc) is 2.81. The second kappa shape index (κ2) is 10.9. The Morgan fingerprint density at radius 2 is 1.97 bits per heavy atom. The van der Waals surface area contributed by atoms with Crippen molar-refractivity contribution in [1.82, 2.24) is 15.5 Å². The number of amides is 1. The molecule has 2 heterocycles. The third-order valence-electron chi connectivity index (χ3n) is 6.66. The minimum absolute atomic E-state index is 0.0819. The molecule has 1 amide bonds. The number of halogens is 1. The van der Waals surface area contributed by atoms with Gasteiger partial charge in [0.25, 0.3) is 5.91 Å². The van der Waals surface area contributed by atoms with Crippen molar-refractivity contribution in [3.8, 4) is 11.1 Å². The van der Waals surface area contributed by atoms with Crippen LogP contribution in [-0.2, 0) is 4.79 Å². The summed E-state index contributed by atoms with van der Waals surface area (Å²) in [5.74, 6) is -0.297. The van der Waals surface area contributed by atoms with E-state index in [0.717, 1.165) is 66.0 Å². The summed E-state index contributed by atoms with van der Waals surface area (Å²) in [4.78, 5) is 14.6. The van der Waals surface area contributed by atoms with Crippen molar-refractivity contribution in [3.05, 3.63) is 101 Å². The molecule has 2 aliphatic heterocycles. The van der Waals surface area contributed by atoms with Gasteiger partial charge in [0.2, 0.25) is 0 Å². The number of benzene rings is 2. The summed E-state index contributed by atoms with van der Waals surface area (Å²) in [6.45, 7) is 12.0. The summed E-state index contributed by atoms with van der Waals surface area (Å²) >= 11 is 0. The van der Waals surface area contributed by atoms with E-state index in [0.29, 0.717) is 11.1 Å². The maximum Gasteiger partial charge on any atom is 0.251 e. The lowest BCUT2D eigenvalue weighted by Gasteiger charge is -2.30. The van der Waals surface area contributed by atoms with Gasteiger partial charge in [0, 0.05) is 41.8 Å². The Balaban J connectivity index is 1.69. The van der Waals surface area contributed by atoms with Crippen molar-refractivity contribution in [1.29, 1.82) is 0 Å². The Hall–Kier alpha value is -3.44. The predicted octanol–water partition coefficient (Wildman–Crippen LogP) is 6.08. The SMILES string of the molecule is C=C1C=C(C(=O)NC2CNC2)C=CN1/C(C)=C(\CCCC)c1ccccc1-c1ccc(C)cc1F. The number of hydrogen-bond acceptors (Lipinski definition) is 3. The van der Waals surface area contributed by atoms with Gasteiger partial charge in [-0.2, -0.15) is 0 Å². The molecule has 2 aromatic carbocycles. The molecule has 182 valence electrons. The zero-order valence-corrected chi connectivity index (χ0v) is 20.8. The Morgan fingerprint density at radius 1 is 1.20 bits per heavy atom. The molecule has 0 unspecified atom stereocenters. The van der Waals surface area contributed by atoms with E-state index in [9.17, 15) is 9.18 Å². The van der Waals surface area contributed by atoms with Crippen LogP contribution in [0.25, 0.3) is 16.7 Å². The predicted molar refractivity (Wildman–Crippen MR) is 142 cm³/mol. The number of carbonyl (C=O) groups is 1. The normalized spacial score (nSPS) is 16.5. The maximum absolute atomic E-state index is 15.0. The van der Waals surface area contributed by atoms with E-state index in [4.69, 9.17) is 0 Å². The molecule has 35 heavy (non-hydrogen) atoms. The summed E-state index contributed by atoms with van der Waals surface area (Å²) < 4.78 is 15.0. The Morgan fingerprint density at radius 3 is 2.63 bits per heavy atom. The van der Waals surface area contributed by atoms with Crippen molar-refractivity contribution in [2.75, 3.05) is 13.1 Å². The minimum Gasteiger partial charge on any atom is -0.347 e. The molecule has 4 nitrogen and oxygen atoms in total. The summed E-state index contributed by atoms with van der Waals surface area (Å²) in [5, 5.41) is 6.19. The van der Waals surface area contributed by atoms with Gasteiger partial charge in [-0.1, -0.05) is 56.3 Å². The van der Waals surface area contributed by atoms with Crippen LogP contribution in [0.4, 0.5) is 4.39 Å². The van der Waals surface area contributed by atoms with E-state index >= 15 is 0 Å². The third kappa shape index (κ3) is 5.46. The summed E-state index contributed by atoms with van der Waals surface area (Å²) in [5.41, 5.74) is 6.91. The highest BCUT2D eigenvalue weighted by molar-refractivity contribution is 5.97. The molecular weight excluding hydrogens is 437 g/mol. The van der Waals surface area contributed by atoms with E-state index in [2.05, 4.69) is 37.1 Å². The first kappa shape index (κ1) is 24.7. The van der Waals surface area contributed by atoms with Crippen LogP contribution >= 0.6 is 0 Å². The molecule has 2 aromatic rings. The third-order valence-corrected chi connectivity index (χ3v) is 6.66. The van der Waals surface area contributed by atoms with E-state index in [1.807, 2.05) is 60.5 Å². The van der Waals surface area contributed by atoms with Crippen LogP contribution in [-0.4, -0.2) is 29.9 Å². The van der Waals surface area contributed by atoms with Gasteiger partial charge in [0.15, 0.2) is 0 Å². The molecule has 0 aliphatic carbocycles. The largest absolute Gasteiger partial charge is 0.347 e. The molecule has 0 spiro atoms. The zero-order chi connectivity index (χ0) is 24.9. The highest BCUT2D eigenvalue weighted by Crippen LogP contribution is 2.37. The van der Waals surface area contributed by atoms with E-state index in [-0.39, 0.29) is 17.8 Å². The van der Waals surface area contributed by atoms with Gasteiger partial charge in [0.1, 0.15) is 5.82 Å². The number of nitrogens with zero attached hydrogens (tertiary/aromatic N) is 1.